The molecule has 0 aliphatic heterocycles. The number of halogens is 1. The van der Waals surface area contributed by atoms with Crippen molar-refractivity contribution in [1.29, 1.82) is 0 Å². The van der Waals surface area contributed by atoms with Gasteiger partial charge >= 0.3 is 0 Å². The smallest absolute Gasteiger partial charge is 0.277 e. The van der Waals surface area contributed by atoms with Crippen molar-refractivity contribution >= 4 is 11.6 Å². The molecule has 1 N–H and O–H groups in total. The third-order valence-electron chi connectivity index (χ3n) is 6.01. The van der Waals surface area contributed by atoms with Gasteiger partial charge in [0.1, 0.15) is 11.6 Å². The third-order valence-corrected chi connectivity index (χ3v) is 6.01. The highest BCUT2D eigenvalue weighted by molar-refractivity contribution is 5.95. The molecule has 0 spiro atoms. The number of carbonyl (C=O) groups excluding carboxylic acids is 1. The SMILES string of the molecule is CC1(C)[C@@H]2CC[C@@]1(C)/C(=N/NC(=O)COc1ccc(F)cc1)C2. The van der Waals surface area contributed by atoms with Crippen LogP contribution in [0.2, 0.25) is 0 Å². The summed E-state index contributed by atoms with van der Waals surface area (Å²) in [4.78, 5) is 11.9. The van der Waals surface area contributed by atoms with E-state index in [1.54, 1.807) is 0 Å². The maximum absolute atomic E-state index is 12.8. The highest BCUT2D eigenvalue weighted by Gasteiger charge is 2.59. The van der Waals surface area contributed by atoms with Crippen LogP contribution in [-0.2, 0) is 4.79 Å². The lowest BCUT2D eigenvalue weighted by molar-refractivity contribution is -0.123. The fourth-order valence-electron chi connectivity index (χ4n) is 3.94. The molecule has 1 amide bonds. The Morgan fingerprint density at radius 2 is 2.04 bits per heavy atom. The van der Waals surface area contributed by atoms with E-state index in [0.29, 0.717) is 11.7 Å². The fourth-order valence-corrected chi connectivity index (χ4v) is 3.94. The normalized spacial score (nSPS) is 29.7. The van der Waals surface area contributed by atoms with E-state index in [0.717, 1.165) is 18.6 Å². The lowest BCUT2D eigenvalue weighted by atomic mass is 9.70. The fraction of sp³-hybridized carbons (Fsp3) is 0.556. The molecule has 2 saturated carbocycles. The minimum Gasteiger partial charge on any atom is -0.484 e. The quantitative estimate of drug-likeness (QED) is 0.864. The second kappa shape index (κ2) is 5.62. The predicted octanol–water partition coefficient (Wildman–Crippen LogP) is 3.52. The summed E-state index contributed by atoms with van der Waals surface area (Å²) in [6, 6.07) is 5.58. The zero-order valence-electron chi connectivity index (χ0n) is 13.9. The summed E-state index contributed by atoms with van der Waals surface area (Å²) in [5.74, 6) is 0.479. The molecule has 23 heavy (non-hydrogen) atoms. The van der Waals surface area contributed by atoms with E-state index < -0.39 is 0 Å². The summed E-state index contributed by atoms with van der Waals surface area (Å²) in [7, 11) is 0. The van der Waals surface area contributed by atoms with Crippen LogP contribution < -0.4 is 10.2 Å². The van der Waals surface area contributed by atoms with Gasteiger partial charge in [0.15, 0.2) is 6.61 Å². The largest absolute Gasteiger partial charge is 0.484 e. The van der Waals surface area contributed by atoms with Crippen LogP contribution in [0.4, 0.5) is 4.39 Å². The van der Waals surface area contributed by atoms with E-state index in [9.17, 15) is 9.18 Å². The molecule has 0 unspecified atom stereocenters. The number of amides is 1. The van der Waals surface area contributed by atoms with Crippen LogP contribution >= 0.6 is 0 Å². The Kier molecular flexibility index (Phi) is 3.90. The highest BCUT2D eigenvalue weighted by Crippen LogP contribution is 2.63. The first-order valence-corrected chi connectivity index (χ1v) is 8.07. The Bertz CT molecular complexity index is 639. The van der Waals surface area contributed by atoms with Crippen LogP contribution in [-0.4, -0.2) is 18.2 Å². The zero-order valence-corrected chi connectivity index (χ0v) is 13.9. The van der Waals surface area contributed by atoms with Gasteiger partial charge < -0.3 is 4.74 Å². The molecular weight excluding hydrogens is 295 g/mol. The number of nitrogens with zero attached hydrogens (tertiary/aromatic N) is 1. The number of rotatable bonds is 4. The van der Waals surface area contributed by atoms with E-state index >= 15 is 0 Å². The van der Waals surface area contributed by atoms with Crippen LogP contribution in [0, 0.1) is 22.6 Å². The number of hydrazone groups is 1. The van der Waals surface area contributed by atoms with Gasteiger partial charge in [-0.15, -0.1) is 0 Å². The first-order valence-electron chi connectivity index (χ1n) is 8.07. The molecule has 4 nitrogen and oxygen atoms in total. The van der Waals surface area contributed by atoms with Crippen molar-refractivity contribution in [1.82, 2.24) is 5.43 Å². The second-order valence-electron chi connectivity index (χ2n) is 7.33. The van der Waals surface area contributed by atoms with Crippen LogP contribution in [0.5, 0.6) is 5.75 Å². The van der Waals surface area contributed by atoms with Crippen molar-refractivity contribution < 1.29 is 13.9 Å². The number of carbonyl (C=O) groups is 1. The maximum Gasteiger partial charge on any atom is 0.277 e. The van der Waals surface area contributed by atoms with Crippen molar-refractivity contribution in [3.05, 3.63) is 30.1 Å². The Hall–Kier alpha value is -1.91. The monoisotopic (exact) mass is 318 g/mol. The van der Waals surface area contributed by atoms with Gasteiger partial charge in [-0.1, -0.05) is 20.8 Å². The van der Waals surface area contributed by atoms with Crippen molar-refractivity contribution in [3.8, 4) is 5.75 Å². The van der Waals surface area contributed by atoms with Crippen molar-refractivity contribution in [2.75, 3.05) is 6.61 Å². The van der Waals surface area contributed by atoms with E-state index in [4.69, 9.17) is 4.74 Å². The Morgan fingerprint density at radius 1 is 1.35 bits per heavy atom. The first kappa shape index (κ1) is 16.0. The molecule has 2 aliphatic rings. The third kappa shape index (κ3) is 2.73. The minimum absolute atomic E-state index is 0.0722. The number of benzene rings is 1. The van der Waals surface area contributed by atoms with E-state index in [1.165, 1.54) is 30.7 Å². The van der Waals surface area contributed by atoms with Crippen LogP contribution in [0.25, 0.3) is 0 Å². The van der Waals surface area contributed by atoms with E-state index in [1.807, 2.05) is 0 Å². The van der Waals surface area contributed by atoms with E-state index in [2.05, 4.69) is 31.3 Å². The summed E-state index contributed by atoms with van der Waals surface area (Å²) in [6.45, 7) is 6.71. The van der Waals surface area contributed by atoms with Crippen LogP contribution in [0.3, 0.4) is 0 Å². The number of ether oxygens (including phenoxy) is 1. The van der Waals surface area contributed by atoms with Gasteiger partial charge in [0.05, 0.1) is 0 Å². The molecule has 0 saturated heterocycles. The Morgan fingerprint density at radius 3 is 2.61 bits per heavy atom. The van der Waals surface area contributed by atoms with Gasteiger partial charge in [-0.05, 0) is 54.9 Å². The summed E-state index contributed by atoms with van der Waals surface area (Å²) in [5, 5.41) is 4.38. The topological polar surface area (TPSA) is 50.7 Å². The van der Waals surface area contributed by atoms with Gasteiger partial charge in [0.25, 0.3) is 5.91 Å². The maximum atomic E-state index is 12.8. The standard InChI is InChI=1S/C18H23FN2O2/c1-17(2)12-8-9-18(17,3)15(10-12)20-21-16(22)11-23-14-6-4-13(19)5-7-14/h4-7,12H,8-11H2,1-3H3,(H,21,22)/b20-15+/t12-,18+/m1/s1. The molecule has 2 atom stereocenters. The van der Waals surface area contributed by atoms with Gasteiger partial charge in [-0.2, -0.15) is 5.10 Å². The average Bonchev–Trinajstić information content (AvgIpc) is 2.85. The molecule has 1 aromatic carbocycles. The number of fused-ring (bicyclic) bond motifs is 2. The van der Waals surface area contributed by atoms with Gasteiger partial charge in [-0.25, -0.2) is 9.82 Å². The van der Waals surface area contributed by atoms with Crippen molar-refractivity contribution in [3.63, 3.8) is 0 Å². The second-order valence-corrected chi connectivity index (χ2v) is 7.33. The molecular formula is C18H23FN2O2. The molecule has 5 heteroatoms. The average molecular weight is 318 g/mol. The van der Waals surface area contributed by atoms with Crippen LogP contribution in [0.1, 0.15) is 40.0 Å². The summed E-state index contributed by atoms with van der Waals surface area (Å²) >= 11 is 0. The Labute approximate surface area is 136 Å². The minimum atomic E-state index is -0.333. The molecule has 3 rings (SSSR count). The summed E-state index contributed by atoms with van der Waals surface area (Å²) in [6.07, 6.45) is 3.33. The molecule has 0 heterocycles. The summed E-state index contributed by atoms with van der Waals surface area (Å²) in [5.41, 5.74) is 4.01. The van der Waals surface area contributed by atoms with E-state index in [-0.39, 0.29) is 29.2 Å². The van der Waals surface area contributed by atoms with Crippen molar-refractivity contribution in [2.24, 2.45) is 21.8 Å². The van der Waals surface area contributed by atoms with Gasteiger partial charge in [0.2, 0.25) is 0 Å². The molecule has 0 radical (unpaired) electrons. The zero-order chi connectivity index (χ0) is 16.7. The van der Waals surface area contributed by atoms with Gasteiger partial charge in [-0.3, -0.25) is 4.79 Å². The van der Waals surface area contributed by atoms with Gasteiger partial charge in [0, 0.05) is 11.1 Å². The molecule has 1 aromatic rings. The molecule has 0 aromatic heterocycles. The predicted molar refractivity (Wildman–Crippen MR) is 86.7 cm³/mol. The van der Waals surface area contributed by atoms with Crippen LogP contribution in [0.15, 0.2) is 29.4 Å². The van der Waals surface area contributed by atoms with Crippen molar-refractivity contribution in [2.45, 2.75) is 40.0 Å². The number of hydrogen-bond acceptors (Lipinski definition) is 3. The molecule has 2 bridgehead atoms. The molecule has 124 valence electrons. The number of hydrogen-bond donors (Lipinski definition) is 1. The lowest BCUT2D eigenvalue weighted by Crippen LogP contribution is -2.35. The summed E-state index contributed by atoms with van der Waals surface area (Å²) < 4.78 is 18.1. The highest BCUT2D eigenvalue weighted by atomic mass is 19.1. The lowest BCUT2D eigenvalue weighted by Gasteiger charge is -2.34. The number of nitrogens with one attached hydrogen (secondary N) is 1. The Balaban J connectivity index is 1.56. The molecule has 2 fully saturated rings. The molecule has 2 aliphatic carbocycles. The first-order chi connectivity index (χ1) is 10.8.